The van der Waals surface area contributed by atoms with Gasteiger partial charge < -0.3 is 14.0 Å². The normalized spacial score (nSPS) is 11.9. The van der Waals surface area contributed by atoms with Gasteiger partial charge in [0.1, 0.15) is 11.6 Å². The minimum atomic E-state index is -4.45. The highest BCUT2D eigenvalue weighted by atomic mass is 19.4. The topological polar surface area (TPSA) is 49.2 Å². The lowest BCUT2D eigenvalue weighted by Gasteiger charge is -2.13. The molecular weight excluding hydrogens is 457 g/mol. The quantitative estimate of drug-likeness (QED) is 0.293. The molecule has 2 aromatic heterocycles. The van der Waals surface area contributed by atoms with Crippen molar-refractivity contribution in [1.29, 1.82) is 0 Å². The maximum atomic E-state index is 12.8. The number of para-hydroxylation sites is 1. The predicted molar refractivity (Wildman–Crippen MR) is 116 cm³/mol. The molecular formula is C24H20F5N3O2. The highest BCUT2D eigenvalue weighted by molar-refractivity contribution is 5.83. The van der Waals surface area contributed by atoms with E-state index in [1.165, 1.54) is 18.3 Å². The van der Waals surface area contributed by atoms with Crippen LogP contribution in [0.25, 0.3) is 22.2 Å². The van der Waals surface area contributed by atoms with Gasteiger partial charge in [-0.25, -0.2) is 9.97 Å². The first-order valence-corrected chi connectivity index (χ1v) is 10.3. The largest absolute Gasteiger partial charge is 0.468 e. The van der Waals surface area contributed by atoms with E-state index in [2.05, 4.69) is 14.7 Å². The average Bonchev–Trinajstić information content (AvgIpc) is 3.07. The number of hydrogen-bond acceptors (Lipinski definition) is 4. The van der Waals surface area contributed by atoms with Crippen LogP contribution in [0.3, 0.4) is 0 Å². The second kappa shape index (κ2) is 9.28. The van der Waals surface area contributed by atoms with Gasteiger partial charge in [-0.1, -0.05) is 24.3 Å². The number of imidazole rings is 1. The summed E-state index contributed by atoms with van der Waals surface area (Å²) < 4.78 is 74.1. The molecule has 2 aromatic carbocycles. The zero-order valence-corrected chi connectivity index (χ0v) is 18.2. The van der Waals surface area contributed by atoms with Gasteiger partial charge in [-0.05, 0) is 43.2 Å². The third kappa shape index (κ3) is 5.27. The van der Waals surface area contributed by atoms with Crippen LogP contribution in [0.4, 0.5) is 22.0 Å². The molecule has 5 nitrogen and oxygen atoms in total. The zero-order chi connectivity index (χ0) is 24.5. The van der Waals surface area contributed by atoms with Crippen molar-refractivity contribution in [3.63, 3.8) is 0 Å². The smallest absolute Gasteiger partial charge is 0.422 e. The van der Waals surface area contributed by atoms with E-state index in [1.54, 1.807) is 25.1 Å². The van der Waals surface area contributed by atoms with Crippen molar-refractivity contribution in [1.82, 2.24) is 14.5 Å². The van der Waals surface area contributed by atoms with Gasteiger partial charge in [-0.15, -0.1) is 0 Å². The van der Waals surface area contributed by atoms with Gasteiger partial charge in [0.05, 0.1) is 17.6 Å². The number of aromatic nitrogens is 3. The molecule has 0 spiro atoms. The monoisotopic (exact) mass is 477 g/mol. The number of aryl methyl sites for hydroxylation is 2. The van der Waals surface area contributed by atoms with Crippen molar-refractivity contribution in [3.05, 3.63) is 71.7 Å². The Morgan fingerprint density at radius 1 is 1.03 bits per heavy atom. The van der Waals surface area contributed by atoms with Crippen LogP contribution in [0.15, 0.2) is 54.7 Å². The van der Waals surface area contributed by atoms with E-state index < -0.39 is 19.4 Å². The third-order valence-electron chi connectivity index (χ3n) is 5.24. The Morgan fingerprint density at radius 2 is 1.79 bits per heavy atom. The lowest BCUT2D eigenvalue weighted by atomic mass is 10.0. The second-order valence-corrected chi connectivity index (χ2v) is 7.68. The summed E-state index contributed by atoms with van der Waals surface area (Å²) in [6, 6.07) is 13.6. The molecule has 0 amide bonds. The lowest BCUT2D eigenvalue weighted by Crippen LogP contribution is -2.19. The number of ether oxygens (including phenoxy) is 2. The highest BCUT2D eigenvalue weighted by Crippen LogP contribution is 2.30. The molecule has 0 atom stereocenters. The molecule has 4 rings (SSSR count). The van der Waals surface area contributed by atoms with Crippen LogP contribution in [-0.2, 0) is 6.54 Å². The number of halogens is 5. The molecule has 34 heavy (non-hydrogen) atoms. The number of rotatable bonds is 7. The van der Waals surface area contributed by atoms with Crippen LogP contribution in [0.2, 0.25) is 0 Å². The van der Waals surface area contributed by atoms with Gasteiger partial charge in [0.25, 0.3) is 0 Å². The lowest BCUT2D eigenvalue weighted by molar-refractivity contribution is -0.154. The first kappa shape index (κ1) is 23.5. The summed E-state index contributed by atoms with van der Waals surface area (Å²) in [5.41, 5.74) is 4.22. The summed E-state index contributed by atoms with van der Waals surface area (Å²) in [5.74, 6) is 0.658. The zero-order valence-electron chi connectivity index (χ0n) is 18.2. The molecule has 4 aromatic rings. The van der Waals surface area contributed by atoms with E-state index in [-0.39, 0.29) is 18.2 Å². The Bertz CT molecular complexity index is 1320. The van der Waals surface area contributed by atoms with E-state index in [0.717, 1.165) is 11.1 Å². The molecule has 10 heteroatoms. The maximum Gasteiger partial charge on any atom is 0.422 e. The minimum absolute atomic E-state index is 0.0874. The van der Waals surface area contributed by atoms with Crippen LogP contribution in [0.5, 0.6) is 11.6 Å². The van der Waals surface area contributed by atoms with Crippen LogP contribution in [0, 0.1) is 13.8 Å². The molecule has 0 saturated carbocycles. The summed E-state index contributed by atoms with van der Waals surface area (Å²) in [4.78, 5) is 8.55. The van der Waals surface area contributed by atoms with E-state index in [1.807, 2.05) is 29.7 Å². The van der Waals surface area contributed by atoms with Gasteiger partial charge in [0.15, 0.2) is 6.61 Å². The average molecular weight is 477 g/mol. The number of pyridine rings is 1. The Balaban J connectivity index is 1.67. The van der Waals surface area contributed by atoms with Crippen molar-refractivity contribution in [2.75, 3.05) is 6.61 Å². The number of nitrogens with zero attached hydrogens (tertiary/aromatic N) is 3. The molecule has 0 saturated heterocycles. The molecule has 0 aliphatic heterocycles. The van der Waals surface area contributed by atoms with E-state index in [0.29, 0.717) is 28.0 Å². The van der Waals surface area contributed by atoms with E-state index in [9.17, 15) is 22.0 Å². The van der Waals surface area contributed by atoms with Crippen LogP contribution in [-0.4, -0.2) is 33.9 Å². The van der Waals surface area contributed by atoms with Crippen LogP contribution < -0.4 is 9.47 Å². The minimum Gasteiger partial charge on any atom is -0.468 e. The van der Waals surface area contributed by atoms with Gasteiger partial charge >= 0.3 is 12.8 Å². The van der Waals surface area contributed by atoms with Gasteiger partial charge in [-0.2, -0.15) is 22.0 Å². The summed E-state index contributed by atoms with van der Waals surface area (Å²) >= 11 is 0. The summed E-state index contributed by atoms with van der Waals surface area (Å²) in [5, 5.41) is 0. The van der Waals surface area contributed by atoms with Crippen molar-refractivity contribution in [3.8, 4) is 22.8 Å². The predicted octanol–water partition coefficient (Wildman–Crippen LogP) is 6.31. The maximum absolute atomic E-state index is 12.8. The van der Waals surface area contributed by atoms with Gasteiger partial charge in [-0.3, -0.25) is 0 Å². The first-order valence-electron chi connectivity index (χ1n) is 10.3. The number of hydrogen-bond donors (Lipinski definition) is 0. The molecule has 0 N–H and O–H groups in total. The van der Waals surface area contributed by atoms with E-state index in [4.69, 9.17) is 4.74 Å². The summed E-state index contributed by atoms with van der Waals surface area (Å²) in [6.07, 6.45) is -2.99. The molecule has 0 aliphatic rings. The van der Waals surface area contributed by atoms with Crippen molar-refractivity contribution in [2.45, 2.75) is 33.2 Å². The first-order chi connectivity index (χ1) is 16.1. The van der Waals surface area contributed by atoms with Gasteiger partial charge in [0.2, 0.25) is 5.88 Å². The Labute approximate surface area is 191 Å². The Hall–Kier alpha value is -3.69. The molecule has 2 heterocycles. The SMILES string of the molecule is Cc1cc(OCC(F)(F)F)ncc1-c1ccc2nc(C)n(Cc3ccccc3OC(F)F)c2c1. The Kier molecular flexibility index (Phi) is 6.41. The number of fused-ring (bicyclic) bond motifs is 1. The third-order valence-corrected chi connectivity index (χ3v) is 5.24. The standard InChI is InChI=1S/C24H20F5N3O2/c1-14-9-22(33-13-24(27,28)29)30-11-18(14)16-7-8-19-20(10-16)32(15(2)31-19)12-17-5-3-4-6-21(17)34-23(25)26/h3-11,23H,12-13H2,1-2H3. The van der Waals surface area contributed by atoms with E-state index >= 15 is 0 Å². The summed E-state index contributed by atoms with van der Waals surface area (Å²) in [7, 11) is 0. The molecule has 178 valence electrons. The number of alkyl halides is 5. The summed E-state index contributed by atoms with van der Waals surface area (Å²) in [6.45, 7) is -0.527. The molecule has 0 radical (unpaired) electrons. The molecule has 0 unspecified atom stereocenters. The fraction of sp³-hybridized carbons (Fsp3) is 0.250. The fourth-order valence-electron chi connectivity index (χ4n) is 3.69. The van der Waals surface area contributed by atoms with Crippen molar-refractivity contribution in [2.24, 2.45) is 0 Å². The molecule has 0 bridgehead atoms. The van der Waals surface area contributed by atoms with Gasteiger partial charge in [0, 0.05) is 23.4 Å². The second-order valence-electron chi connectivity index (χ2n) is 7.68. The van der Waals surface area contributed by atoms with Crippen LogP contribution >= 0.6 is 0 Å². The fourth-order valence-corrected chi connectivity index (χ4v) is 3.69. The Morgan fingerprint density at radius 3 is 2.50 bits per heavy atom. The highest BCUT2D eigenvalue weighted by Gasteiger charge is 2.28. The van der Waals surface area contributed by atoms with Crippen molar-refractivity contribution < 1.29 is 31.4 Å². The molecule has 0 fully saturated rings. The molecule has 0 aliphatic carbocycles. The van der Waals surface area contributed by atoms with Crippen LogP contribution in [0.1, 0.15) is 17.0 Å². The number of benzene rings is 2. The van der Waals surface area contributed by atoms with Crippen molar-refractivity contribution >= 4 is 11.0 Å².